The third-order valence-electron chi connectivity index (χ3n) is 4.05. The maximum Gasteiger partial charge on any atom is 0.493 e. The van der Waals surface area contributed by atoms with Crippen LogP contribution in [0.15, 0.2) is 47.5 Å². The van der Waals surface area contributed by atoms with Crippen LogP contribution in [0.1, 0.15) is 12.6 Å². The van der Waals surface area contributed by atoms with Crippen LogP contribution in [-0.4, -0.2) is 36.4 Å². The molecule has 0 saturated carbocycles. The van der Waals surface area contributed by atoms with Crippen LogP contribution in [0.3, 0.4) is 0 Å². The number of hydroxylamine groups is 1. The third kappa shape index (κ3) is 5.63. The number of carbonyl (C=O) groups is 2. The summed E-state index contributed by atoms with van der Waals surface area (Å²) in [5, 5.41) is -0.381. The molecule has 0 aliphatic carbocycles. The van der Waals surface area contributed by atoms with E-state index in [9.17, 15) is 31.2 Å². The number of aryl methyl sites for hydroxylation is 1. The number of hydrogen-bond acceptors (Lipinski definition) is 8. The average Bonchev–Trinajstić information content (AvgIpc) is 3.14. The van der Waals surface area contributed by atoms with Gasteiger partial charge in [0, 0.05) is 18.7 Å². The van der Waals surface area contributed by atoms with Crippen molar-refractivity contribution in [2.75, 3.05) is 9.79 Å². The lowest BCUT2D eigenvalue weighted by atomic mass is 10.2. The van der Waals surface area contributed by atoms with Crippen molar-refractivity contribution >= 4 is 55.7 Å². The number of thiazole rings is 1. The van der Waals surface area contributed by atoms with Crippen LogP contribution in [0.5, 0.6) is 0 Å². The lowest BCUT2D eigenvalue weighted by molar-refractivity contribution is -0.201. The first-order chi connectivity index (χ1) is 15.8. The van der Waals surface area contributed by atoms with E-state index in [2.05, 4.69) is 19.5 Å². The average molecular weight is 535 g/mol. The normalized spacial score (nSPS) is 11.7. The van der Waals surface area contributed by atoms with Gasteiger partial charge in [-0.15, -0.1) is 5.06 Å². The Labute approximate surface area is 200 Å². The number of hydrogen-bond donors (Lipinski definition) is 1. The molecule has 1 aromatic carbocycles. The van der Waals surface area contributed by atoms with Crippen molar-refractivity contribution in [2.45, 2.75) is 24.9 Å². The molecule has 0 aliphatic rings. The largest absolute Gasteiger partial charge is 0.493 e. The predicted octanol–water partition coefficient (Wildman–Crippen LogP) is 4.34. The monoisotopic (exact) mass is 534 g/mol. The molecule has 2 aromatic heterocycles. The SMILES string of the molecule is CC(=O)N(OC(=O)C(F)(F)F)c1nc(C)c(-c2cnc(Cl)c(NS(=O)(=O)c3ccccc3)c2)s1. The number of nitrogens with zero attached hydrogens (tertiary/aromatic N) is 3. The van der Waals surface area contributed by atoms with Gasteiger partial charge in [-0.25, -0.2) is 23.2 Å². The summed E-state index contributed by atoms with van der Waals surface area (Å²) >= 11 is 6.77. The molecular formula is C19H14ClF3N4O5S2. The maximum atomic E-state index is 12.6. The van der Waals surface area contributed by atoms with Gasteiger partial charge in [-0.05, 0) is 25.1 Å². The Morgan fingerprint density at radius 2 is 1.85 bits per heavy atom. The van der Waals surface area contributed by atoms with Gasteiger partial charge in [0.25, 0.3) is 15.9 Å². The highest BCUT2D eigenvalue weighted by atomic mass is 35.5. The molecular weight excluding hydrogens is 521 g/mol. The van der Waals surface area contributed by atoms with Gasteiger partial charge >= 0.3 is 12.1 Å². The van der Waals surface area contributed by atoms with Gasteiger partial charge < -0.3 is 4.84 Å². The lowest BCUT2D eigenvalue weighted by Gasteiger charge is -2.16. The van der Waals surface area contributed by atoms with Crippen molar-refractivity contribution in [3.8, 4) is 10.4 Å². The van der Waals surface area contributed by atoms with Crippen LogP contribution in [0, 0.1) is 6.92 Å². The Bertz CT molecular complexity index is 1350. The molecule has 9 nitrogen and oxygen atoms in total. The predicted molar refractivity (Wildman–Crippen MR) is 118 cm³/mol. The third-order valence-corrected chi connectivity index (χ3v) is 6.91. The number of carbonyl (C=O) groups excluding carboxylic acids is 2. The Morgan fingerprint density at radius 1 is 1.21 bits per heavy atom. The maximum absolute atomic E-state index is 12.6. The number of amides is 1. The second-order valence-electron chi connectivity index (χ2n) is 6.58. The topological polar surface area (TPSA) is 119 Å². The Kier molecular flexibility index (Phi) is 7.14. The molecule has 0 saturated heterocycles. The van der Waals surface area contributed by atoms with E-state index in [-0.39, 0.29) is 31.6 Å². The fourth-order valence-electron chi connectivity index (χ4n) is 2.56. The van der Waals surface area contributed by atoms with E-state index >= 15 is 0 Å². The first-order valence-electron chi connectivity index (χ1n) is 9.10. The minimum absolute atomic E-state index is 0.0173. The smallest absolute Gasteiger partial charge is 0.322 e. The number of alkyl halides is 3. The zero-order chi connectivity index (χ0) is 25.3. The number of nitrogens with one attached hydrogen (secondary N) is 1. The van der Waals surface area contributed by atoms with Crippen molar-refractivity contribution in [3.63, 3.8) is 0 Å². The second-order valence-corrected chi connectivity index (χ2v) is 9.60. The molecule has 0 fully saturated rings. The first kappa shape index (κ1) is 25.4. The summed E-state index contributed by atoms with van der Waals surface area (Å²) in [7, 11) is -4.00. The summed E-state index contributed by atoms with van der Waals surface area (Å²) in [4.78, 5) is 35.4. The summed E-state index contributed by atoms with van der Waals surface area (Å²) < 4.78 is 65.3. The van der Waals surface area contributed by atoms with E-state index in [1.54, 1.807) is 18.2 Å². The number of benzene rings is 1. The fraction of sp³-hybridized carbons (Fsp3) is 0.158. The summed E-state index contributed by atoms with van der Waals surface area (Å²) in [6, 6.07) is 8.84. The Morgan fingerprint density at radius 3 is 2.44 bits per heavy atom. The molecule has 0 radical (unpaired) electrons. The summed E-state index contributed by atoms with van der Waals surface area (Å²) in [5.41, 5.74) is 0.474. The van der Waals surface area contributed by atoms with E-state index in [0.717, 1.165) is 18.3 Å². The number of sulfonamides is 1. The molecule has 3 rings (SSSR count). The number of aromatic nitrogens is 2. The second kappa shape index (κ2) is 9.56. The molecule has 180 valence electrons. The standard InChI is InChI=1S/C19H14ClF3N4O5S2/c1-10-15(33-18(25-10)27(11(2)28)32-17(29)19(21,22)23)12-8-14(16(20)24-9-12)26-34(30,31)13-6-4-3-5-7-13/h3-9,26H,1-2H3. The van der Waals surface area contributed by atoms with Crippen molar-refractivity contribution < 1.29 is 36.0 Å². The fourth-order valence-corrected chi connectivity index (χ4v) is 4.88. The molecule has 3 aromatic rings. The van der Waals surface area contributed by atoms with Gasteiger partial charge in [0.05, 0.1) is 21.2 Å². The number of halogens is 4. The minimum Gasteiger partial charge on any atom is -0.322 e. The molecule has 0 aliphatic heterocycles. The molecule has 1 amide bonds. The minimum atomic E-state index is -5.33. The van der Waals surface area contributed by atoms with Crippen molar-refractivity contribution in [1.29, 1.82) is 0 Å². The van der Waals surface area contributed by atoms with Crippen molar-refractivity contribution in [2.24, 2.45) is 0 Å². The highest BCUT2D eigenvalue weighted by molar-refractivity contribution is 7.92. The van der Waals surface area contributed by atoms with E-state index in [4.69, 9.17) is 11.6 Å². The molecule has 15 heteroatoms. The van der Waals surface area contributed by atoms with Crippen LogP contribution in [0.4, 0.5) is 24.0 Å². The van der Waals surface area contributed by atoms with E-state index in [1.165, 1.54) is 31.3 Å². The zero-order valence-corrected chi connectivity index (χ0v) is 19.6. The van der Waals surface area contributed by atoms with Gasteiger partial charge in [-0.2, -0.15) is 13.2 Å². The van der Waals surface area contributed by atoms with Crippen molar-refractivity contribution in [3.05, 3.63) is 53.4 Å². The van der Waals surface area contributed by atoms with Crippen LogP contribution in [-0.2, 0) is 24.4 Å². The molecule has 0 atom stereocenters. The van der Waals surface area contributed by atoms with E-state index in [1.807, 2.05) is 0 Å². The number of rotatable bonds is 5. The number of pyridine rings is 1. The first-order valence-corrected chi connectivity index (χ1v) is 11.8. The molecule has 1 N–H and O–H groups in total. The molecule has 0 spiro atoms. The molecule has 2 heterocycles. The van der Waals surface area contributed by atoms with Crippen LogP contribution in [0.25, 0.3) is 10.4 Å². The van der Waals surface area contributed by atoms with Gasteiger partial charge in [-0.1, -0.05) is 41.1 Å². The van der Waals surface area contributed by atoms with E-state index < -0.39 is 28.1 Å². The Balaban J connectivity index is 1.96. The molecule has 0 unspecified atom stereocenters. The quantitative estimate of drug-likeness (QED) is 0.382. The van der Waals surface area contributed by atoms with Gasteiger partial charge in [0.2, 0.25) is 5.13 Å². The van der Waals surface area contributed by atoms with Crippen molar-refractivity contribution in [1.82, 2.24) is 9.97 Å². The highest BCUT2D eigenvalue weighted by Gasteiger charge is 2.44. The highest BCUT2D eigenvalue weighted by Crippen LogP contribution is 2.37. The van der Waals surface area contributed by atoms with Gasteiger partial charge in [-0.3, -0.25) is 9.52 Å². The summed E-state index contributed by atoms with van der Waals surface area (Å²) in [5.74, 6) is -3.62. The van der Waals surface area contributed by atoms with Crippen LogP contribution >= 0.6 is 22.9 Å². The number of anilines is 2. The molecule has 0 bridgehead atoms. The Hall–Kier alpha value is -3.23. The summed E-state index contributed by atoms with van der Waals surface area (Å²) in [6.07, 6.45) is -4.04. The van der Waals surface area contributed by atoms with Gasteiger partial charge in [0.1, 0.15) is 0 Å². The van der Waals surface area contributed by atoms with Crippen LogP contribution < -0.4 is 9.79 Å². The molecule has 34 heavy (non-hydrogen) atoms. The van der Waals surface area contributed by atoms with E-state index in [0.29, 0.717) is 10.4 Å². The summed E-state index contributed by atoms with van der Waals surface area (Å²) in [6.45, 7) is 2.38. The van der Waals surface area contributed by atoms with Crippen LogP contribution in [0.2, 0.25) is 5.15 Å². The lowest BCUT2D eigenvalue weighted by Crippen LogP contribution is -2.37. The zero-order valence-electron chi connectivity index (χ0n) is 17.3. The van der Waals surface area contributed by atoms with Gasteiger partial charge in [0.15, 0.2) is 5.15 Å².